The van der Waals surface area contributed by atoms with Crippen molar-refractivity contribution in [1.29, 1.82) is 0 Å². The molecule has 0 radical (unpaired) electrons. The molecule has 1 fully saturated rings. The standard InChI is InChI=1S/C25H25Cl2NO3S/c1-18-7-10-22(11-8-18)32(29,30)31-17-21-15-28(14-19-5-3-2-4-6-19)16-23(21)20-9-12-24(26)25(27)13-20/h2-13,21,23H,14-17H2,1H3/t21-,23-/m1/s1. The third-order valence-electron chi connectivity index (χ3n) is 5.88. The highest BCUT2D eigenvalue weighted by molar-refractivity contribution is 7.86. The lowest BCUT2D eigenvalue weighted by atomic mass is 9.89. The van der Waals surface area contributed by atoms with E-state index in [0.29, 0.717) is 10.0 Å². The van der Waals surface area contributed by atoms with Gasteiger partial charge in [-0.05, 0) is 42.3 Å². The Morgan fingerprint density at radius 2 is 1.66 bits per heavy atom. The summed E-state index contributed by atoms with van der Waals surface area (Å²) in [5.41, 5.74) is 3.25. The number of aryl methyl sites for hydroxylation is 1. The summed E-state index contributed by atoms with van der Waals surface area (Å²) < 4.78 is 31.0. The third-order valence-corrected chi connectivity index (χ3v) is 7.92. The molecule has 0 amide bonds. The molecule has 0 saturated carbocycles. The zero-order chi connectivity index (χ0) is 22.7. The van der Waals surface area contributed by atoms with E-state index in [1.54, 1.807) is 30.3 Å². The van der Waals surface area contributed by atoms with Gasteiger partial charge in [-0.25, -0.2) is 0 Å². The van der Waals surface area contributed by atoms with Crippen molar-refractivity contribution in [2.75, 3.05) is 19.7 Å². The minimum Gasteiger partial charge on any atom is -0.298 e. The maximum Gasteiger partial charge on any atom is 0.296 e. The van der Waals surface area contributed by atoms with Gasteiger partial charge in [0.05, 0.1) is 21.5 Å². The lowest BCUT2D eigenvalue weighted by Crippen LogP contribution is -2.22. The normalized spacial score (nSPS) is 19.3. The third kappa shape index (κ3) is 5.53. The topological polar surface area (TPSA) is 46.6 Å². The molecule has 7 heteroatoms. The number of benzene rings is 3. The van der Waals surface area contributed by atoms with Gasteiger partial charge in [0.15, 0.2) is 0 Å². The van der Waals surface area contributed by atoms with Gasteiger partial charge in [-0.2, -0.15) is 8.42 Å². The molecule has 32 heavy (non-hydrogen) atoms. The van der Waals surface area contributed by atoms with E-state index in [1.807, 2.05) is 37.3 Å². The van der Waals surface area contributed by atoms with Gasteiger partial charge in [-0.3, -0.25) is 9.08 Å². The molecule has 0 N–H and O–H groups in total. The number of rotatable bonds is 7. The van der Waals surface area contributed by atoms with Crippen molar-refractivity contribution in [1.82, 2.24) is 4.90 Å². The highest BCUT2D eigenvalue weighted by atomic mass is 35.5. The first-order valence-corrected chi connectivity index (χ1v) is 12.7. The highest BCUT2D eigenvalue weighted by Gasteiger charge is 2.35. The second-order valence-corrected chi connectivity index (χ2v) is 10.7. The zero-order valence-corrected chi connectivity index (χ0v) is 20.1. The summed E-state index contributed by atoms with van der Waals surface area (Å²) in [6.45, 7) is 4.32. The van der Waals surface area contributed by atoms with Gasteiger partial charge in [-0.15, -0.1) is 0 Å². The highest BCUT2D eigenvalue weighted by Crippen LogP contribution is 2.36. The van der Waals surface area contributed by atoms with Gasteiger partial charge >= 0.3 is 0 Å². The predicted molar refractivity (Wildman–Crippen MR) is 129 cm³/mol. The molecule has 1 aliphatic heterocycles. The Bertz CT molecular complexity index is 1170. The van der Waals surface area contributed by atoms with Gasteiger partial charge < -0.3 is 0 Å². The Morgan fingerprint density at radius 1 is 0.938 bits per heavy atom. The van der Waals surface area contributed by atoms with Crippen LogP contribution in [0, 0.1) is 12.8 Å². The number of hydrogen-bond donors (Lipinski definition) is 0. The van der Waals surface area contributed by atoms with Gasteiger partial charge in [0.1, 0.15) is 0 Å². The summed E-state index contributed by atoms with van der Waals surface area (Å²) in [6.07, 6.45) is 0. The fourth-order valence-corrected chi connectivity index (χ4v) is 5.44. The van der Waals surface area contributed by atoms with Gasteiger partial charge in [-0.1, -0.05) is 77.3 Å². The van der Waals surface area contributed by atoms with Gasteiger partial charge in [0, 0.05) is 31.5 Å². The van der Waals surface area contributed by atoms with Crippen LogP contribution in [0.4, 0.5) is 0 Å². The average molecular weight is 490 g/mol. The Kier molecular flexibility index (Phi) is 7.23. The van der Waals surface area contributed by atoms with E-state index in [4.69, 9.17) is 27.4 Å². The maximum atomic E-state index is 12.7. The molecule has 4 nitrogen and oxygen atoms in total. The molecule has 0 aromatic heterocycles. The van der Waals surface area contributed by atoms with Gasteiger partial charge in [0.25, 0.3) is 10.1 Å². The van der Waals surface area contributed by atoms with Gasteiger partial charge in [0.2, 0.25) is 0 Å². The molecular weight excluding hydrogens is 465 g/mol. The number of hydrogen-bond acceptors (Lipinski definition) is 4. The second-order valence-electron chi connectivity index (χ2n) is 8.27. The van der Waals surface area contributed by atoms with Crippen LogP contribution in [-0.4, -0.2) is 33.0 Å². The summed E-state index contributed by atoms with van der Waals surface area (Å²) in [6, 6.07) is 22.6. The lowest BCUT2D eigenvalue weighted by Gasteiger charge is -2.19. The lowest BCUT2D eigenvalue weighted by molar-refractivity contribution is 0.237. The Morgan fingerprint density at radius 3 is 2.34 bits per heavy atom. The van der Waals surface area contributed by atoms with Crippen LogP contribution in [0.2, 0.25) is 10.0 Å². The van der Waals surface area contributed by atoms with E-state index in [0.717, 1.165) is 30.8 Å². The summed E-state index contributed by atoms with van der Waals surface area (Å²) in [5.74, 6) is 0.0814. The van der Waals surface area contributed by atoms with E-state index in [2.05, 4.69) is 17.0 Å². The van der Waals surface area contributed by atoms with E-state index in [-0.39, 0.29) is 23.3 Å². The molecule has 168 valence electrons. The molecule has 0 aliphatic carbocycles. The average Bonchev–Trinajstić information content (AvgIpc) is 3.18. The fraction of sp³-hybridized carbons (Fsp3) is 0.280. The van der Waals surface area contributed by atoms with E-state index in [1.165, 1.54) is 5.56 Å². The number of halogens is 2. The van der Waals surface area contributed by atoms with Crippen molar-refractivity contribution in [3.05, 3.63) is 99.5 Å². The molecule has 1 heterocycles. The summed E-state index contributed by atoms with van der Waals surface area (Å²) >= 11 is 12.4. The van der Waals surface area contributed by atoms with Crippen LogP contribution >= 0.6 is 23.2 Å². The molecule has 0 bridgehead atoms. The van der Waals surface area contributed by atoms with E-state index < -0.39 is 10.1 Å². The van der Waals surface area contributed by atoms with Crippen LogP contribution < -0.4 is 0 Å². The monoisotopic (exact) mass is 489 g/mol. The van der Waals surface area contributed by atoms with Crippen LogP contribution in [0.15, 0.2) is 77.7 Å². The van der Waals surface area contributed by atoms with Crippen molar-refractivity contribution in [2.45, 2.75) is 24.3 Å². The fourth-order valence-electron chi connectivity index (χ4n) is 4.17. The molecule has 3 aromatic carbocycles. The Balaban J connectivity index is 1.53. The van der Waals surface area contributed by atoms with Crippen molar-refractivity contribution in [3.8, 4) is 0 Å². The van der Waals surface area contributed by atoms with Crippen LogP contribution in [0.25, 0.3) is 0 Å². The second kappa shape index (κ2) is 9.94. The number of likely N-dealkylation sites (tertiary alicyclic amines) is 1. The largest absolute Gasteiger partial charge is 0.298 e. The first-order chi connectivity index (χ1) is 15.3. The molecule has 0 unspecified atom stereocenters. The van der Waals surface area contributed by atoms with Crippen molar-refractivity contribution < 1.29 is 12.6 Å². The van der Waals surface area contributed by atoms with E-state index >= 15 is 0 Å². The smallest absolute Gasteiger partial charge is 0.296 e. The Labute approximate surface area is 199 Å². The van der Waals surface area contributed by atoms with Crippen LogP contribution in [-0.2, 0) is 20.8 Å². The Hall–Kier alpha value is -1.89. The minimum absolute atomic E-state index is 0.00354. The minimum atomic E-state index is -3.83. The zero-order valence-electron chi connectivity index (χ0n) is 17.7. The molecule has 4 rings (SSSR count). The van der Waals surface area contributed by atoms with Crippen molar-refractivity contribution >= 4 is 33.3 Å². The first-order valence-electron chi connectivity index (χ1n) is 10.5. The molecular formula is C25H25Cl2NO3S. The molecule has 1 saturated heterocycles. The van der Waals surface area contributed by atoms with E-state index in [9.17, 15) is 8.42 Å². The molecule has 0 spiro atoms. The molecule has 3 aromatic rings. The first kappa shape index (κ1) is 23.3. The molecule has 2 atom stereocenters. The summed E-state index contributed by atoms with van der Waals surface area (Å²) in [5, 5.41) is 1.00. The maximum absolute atomic E-state index is 12.7. The SMILES string of the molecule is Cc1ccc(S(=O)(=O)OC[C@H]2CN(Cc3ccccc3)C[C@@H]2c2ccc(Cl)c(Cl)c2)cc1. The van der Waals surface area contributed by atoms with Crippen molar-refractivity contribution in [2.24, 2.45) is 5.92 Å². The summed E-state index contributed by atoms with van der Waals surface area (Å²) in [4.78, 5) is 2.50. The molecule has 1 aliphatic rings. The van der Waals surface area contributed by atoms with Crippen LogP contribution in [0.1, 0.15) is 22.6 Å². The number of nitrogens with zero attached hydrogens (tertiary/aromatic N) is 1. The van der Waals surface area contributed by atoms with Crippen LogP contribution in [0.3, 0.4) is 0 Å². The van der Waals surface area contributed by atoms with Crippen molar-refractivity contribution in [3.63, 3.8) is 0 Å². The summed E-state index contributed by atoms with van der Waals surface area (Å²) in [7, 11) is -3.83. The quantitative estimate of drug-likeness (QED) is 0.386. The van der Waals surface area contributed by atoms with Crippen LogP contribution in [0.5, 0.6) is 0 Å². The predicted octanol–water partition coefficient (Wildman–Crippen LogP) is 5.92.